The summed E-state index contributed by atoms with van der Waals surface area (Å²) in [5, 5.41) is 8.53. The number of aliphatic carboxylic acids is 1. The molecule has 0 saturated carbocycles. The molecule has 0 heterocycles. The molecule has 0 aliphatic carbocycles. The third kappa shape index (κ3) is 2.26. The Bertz CT molecular complexity index is 120. The van der Waals surface area contributed by atoms with Gasteiger partial charge in [-0.15, -0.1) is 0 Å². The molecular weight excluding hydrogens is 252 g/mol. The van der Waals surface area contributed by atoms with Gasteiger partial charge in [-0.05, 0) is 6.92 Å². The van der Waals surface area contributed by atoms with Crippen LogP contribution in [0, 0.1) is 0 Å². The number of hydrogen-bond donors (Lipinski definition) is 1. The van der Waals surface area contributed by atoms with E-state index in [2.05, 4.69) is 31.9 Å². The maximum absolute atomic E-state index is 10.4. The summed E-state index contributed by atoms with van der Waals surface area (Å²) >= 11 is 6.23. The molecule has 9 heavy (non-hydrogen) atoms. The summed E-state index contributed by atoms with van der Waals surface area (Å²) in [7, 11) is 0. The van der Waals surface area contributed by atoms with Crippen LogP contribution in [-0.4, -0.2) is 20.2 Å². The molecule has 0 rings (SSSR count). The van der Waals surface area contributed by atoms with E-state index in [4.69, 9.17) is 5.11 Å². The van der Waals surface area contributed by atoms with Gasteiger partial charge in [0.15, 0.2) is 0 Å². The summed E-state index contributed by atoms with van der Waals surface area (Å²) in [6.07, 6.45) is 0. The van der Waals surface area contributed by atoms with E-state index in [1.54, 1.807) is 13.8 Å². The first kappa shape index (κ1) is 9.43. The monoisotopic (exact) mass is 258 g/mol. The molecular formula is C5H8Br2O2. The van der Waals surface area contributed by atoms with Crippen LogP contribution in [0.25, 0.3) is 0 Å². The van der Waals surface area contributed by atoms with Crippen LogP contribution < -0.4 is 0 Å². The predicted octanol–water partition coefficient (Wildman–Crippen LogP) is 2.01. The van der Waals surface area contributed by atoms with Crippen molar-refractivity contribution in [1.29, 1.82) is 0 Å². The number of halogens is 2. The Hall–Kier alpha value is 0.430. The molecule has 0 aliphatic heterocycles. The number of rotatable bonds is 2. The second-order valence-corrected chi connectivity index (χ2v) is 5.02. The Morgan fingerprint density at radius 1 is 1.78 bits per heavy atom. The van der Waals surface area contributed by atoms with Gasteiger partial charge in [0.2, 0.25) is 0 Å². The zero-order chi connectivity index (χ0) is 7.65. The van der Waals surface area contributed by atoms with Crippen molar-refractivity contribution in [1.82, 2.24) is 0 Å². The minimum absolute atomic E-state index is 0.0810. The van der Waals surface area contributed by atoms with Crippen molar-refractivity contribution in [3.63, 3.8) is 0 Å². The van der Waals surface area contributed by atoms with E-state index in [0.717, 1.165) is 0 Å². The van der Waals surface area contributed by atoms with Crippen molar-refractivity contribution >= 4 is 37.8 Å². The van der Waals surface area contributed by atoms with Crippen molar-refractivity contribution in [2.24, 2.45) is 0 Å². The van der Waals surface area contributed by atoms with E-state index in [1.807, 2.05) is 0 Å². The number of carboxylic acid groups (broad SMARTS) is 1. The van der Waals surface area contributed by atoms with Crippen molar-refractivity contribution in [3.05, 3.63) is 0 Å². The van der Waals surface area contributed by atoms with Crippen LogP contribution in [0.15, 0.2) is 0 Å². The zero-order valence-electron chi connectivity index (χ0n) is 5.19. The van der Waals surface area contributed by atoms with Crippen molar-refractivity contribution in [2.75, 3.05) is 0 Å². The molecule has 54 valence electrons. The Balaban J connectivity index is 4.19. The van der Waals surface area contributed by atoms with Gasteiger partial charge in [0.1, 0.15) is 4.32 Å². The van der Waals surface area contributed by atoms with Crippen LogP contribution in [0.3, 0.4) is 0 Å². The van der Waals surface area contributed by atoms with E-state index in [-0.39, 0.29) is 4.83 Å². The molecule has 0 saturated heterocycles. The molecule has 0 aromatic carbocycles. The maximum atomic E-state index is 10.4. The lowest BCUT2D eigenvalue weighted by molar-refractivity contribution is -0.139. The summed E-state index contributed by atoms with van der Waals surface area (Å²) in [6.45, 7) is 3.39. The second kappa shape index (κ2) is 3.01. The lowest BCUT2D eigenvalue weighted by Gasteiger charge is -2.19. The van der Waals surface area contributed by atoms with E-state index in [1.165, 1.54) is 0 Å². The molecule has 0 radical (unpaired) electrons. The first-order valence-electron chi connectivity index (χ1n) is 2.45. The minimum Gasteiger partial charge on any atom is -0.480 e. The first-order valence-corrected chi connectivity index (χ1v) is 4.16. The van der Waals surface area contributed by atoms with Gasteiger partial charge in [0, 0.05) is 4.83 Å². The molecule has 4 heteroatoms. The highest BCUT2D eigenvalue weighted by atomic mass is 79.9. The molecule has 0 amide bonds. The molecule has 0 spiro atoms. The van der Waals surface area contributed by atoms with Crippen molar-refractivity contribution < 1.29 is 9.90 Å². The van der Waals surface area contributed by atoms with Gasteiger partial charge >= 0.3 is 5.97 Å². The Labute approximate surface area is 70.9 Å². The average molecular weight is 260 g/mol. The highest BCUT2D eigenvalue weighted by Crippen LogP contribution is 2.27. The van der Waals surface area contributed by atoms with Crippen LogP contribution in [0.5, 0.6) is 0 Å². The number of carbonyl (C=O) groups is 1. The van der Waals surface area contributed by atoms with Gasteiger partial charge in [0.25, 0.3) is 0 Å². The van der Waals surface area contributed by atoms with Crippen LogP contribution in [0.2, 0.25) is 0 Å². The third-order valence-electron chi connectivity index (χ3n) is 1.17. The quantitative estimate of drug-likeness (QED) is 0.771. The summed E-state index contributed by atoms with van der Waals surface area (Å²) in [6, 6.07) is 0. The van der Waals surface area contributed by atoms with Crippen molar-refractivity contribution in [2.45, 2.75) is 23.0 Å². The fraction of sp³-hybridized carbons (Fsp3) is 0.800. The van der Waals surface area contributed by atoms with E-state index < -0.39 is 10.3 Å². The van der Waals surface area contributed by atoms with Crippen LogP contribution in [0.4, 0.5) is 0 Å². The Morgan fingerprint density at radius 3 is 2.11 bits per heavy atom. The van der Waals surface area contributed by atoms with E-state index in [9.17, 15) is 4.79 Å². The highest BCUT2D eigenvalue weighted by Gasteiger charge is 2.34. The molecule has 0 fully saturated rings. The van der Waals surface area contributed by atoms with Crippen LogP contribution >= 0.6 is 31.9 Å². The first-order chi connectivity index (χ1) is 3.89. The summed E-state index contributed by atoms with van der Waals surface area (Å²) in [5.41, 5.74) is 0. The van der Waals surface area contributed by atoms with Gasteiger partial charge in [-0.2, -0.15) is 0 Å². The average Bonchev–Trinajstić information content (AvgIpc) is 1.65. The molecule has 0 aliphatic rings. The number of carboxylic acids is 1. The van der Waals surface area contributed by atoms with Gasteiger partial charge in [-0.1, -0.05) is 38.8 Å². The summed E-state index contributed by atoms with van der Waals surface area (Å²) < 4.78 is -0.854. The summed E-state index contributed by atoms with van der Waals surface area (Å²) in [5.74, 6) is -0.855. The largest absolute Gasteiger partial charge is 0.480 e. The lowest BCUT2D eigenvalue weighted by Crippen LogP contribution is -2.35. The standard InChI is InChI=1S/C5H8Br2O2/c1-3(6)5(2,7)4(8)9/h3H,1-2H3,(H,8,9)/t3-,5+/m1/s1. The summed E-state index contributed by atoms with van der Waals surface area (Å²) in [4.78, 5) is 10.3. The number of alkyl halides is 2. The fourth-order valence-corrected chi connectivity index (χ4v) is 0.366. The zero-order valence-corrected chi connectivity index (χ0v) is 8.36. The number of hydrogen-bond acceptors (Lipinski definition) is 1. The lowest BCUT2D eigenvalue weighted by atomic mass is 10.1. The molecule has 1 N–H and O–H groups in total. The fourth-order valence-electron chi connectivity index (χ4n) is 0.170. The van der Waals surface area contributed by atoms with Gasteiger partial charge in [-0.25, -0.2) is 0 Å². The Morgan fingerprint density at radius 2 is 2.11 bits per heavy atom. The predicted molar refractivity (Wildman–Crippen MR) is 43.4 cm³/mol. The molecule has 2 atom stereocenters. The van der Waals surface area contributed by atoms with Gasteiger partial charge < -0.3 is 5.11 Å². The smallest absolute Gasteiger partial charge is 0.321 e. The highest BCUT2D eigenvalue weighted by molar-refractivity contribution is 9.12. The topological polar surface area (TPSA) is 37.3 Å². The molecule has 0 bridgehead atoms. The van der Waals surface area contributed by atoms with Gasteiger partial charge in [-0.3, -0.25) is 4.79 Å². The van der Waals surface area contributed by atoms with E-state index in [0.29, 0.717) is 0 Å². The Kier molecular flexibility index (Phi) is 3.16. The SMILES string of the molecule is C[C@@H](Br)[C@](C)(Br)C(=O)O. The minimum atomic E-state index is -0.855. The normalized spacial score (nSPS) is 20.4. The van der Waals surface area contributed by atoms with Crippen LogP contribution in [-0.2, 0) is 4.79 Å². The van der Waals surface area contributed by atoms with Crippen molar-refractivity contribution in [3.8, 4) is 0 Å². The van der Waals surface area contributed by atoms with Crippen LogP contribution in [0.1, 0.15) is 13.8 Å². The molecule has 2 nitrogen and oxygen atoms in total. The van der Waals surface area contributed by atoms with Gasteiger partial charge in [0.05, 0.1) is 0 Å². The molecule has 0 aromatic heterocycles. The third-order valence-corrected chi connectivity index (χ3v) is 3.72. The molecule has 0 unspecified atom stereocenters. The maximum Gasteiger partial charge on any atom is 0.321 e. The molecule has 0 aromatic rings. The van der Waals surface area contributed by atoms with E-state index >= 15 is 0 Å². The second-order valence-electron chi connectivity index (χ2n) is 2.00.